The number of hydrogen-bond acceptors (Lipinski definition) is 6. The minimum Gasteiger partial charge on any atom is -0.378 e. The lowest BCUT2D eigenvalue weighted by Gasteiger charge is -2.26. The van der Waals surface area contributed by atoms with Crippen LogP contribution in [0.15, 0.2) is 36.5 Å². The van der Waals surface area contributed by atoms with E-state index in [2.05, 4.69) is 26.1 Å². The van der Waals surface area contributed by atoms with Crippen LogP contribution in [0.4, 0.5) is 10.7 Å². The summed E-state index contributed by atoms with van der Waals surface area (Å²) in [5, 5.41) is 2.71. The Hall–Kier alpha value is -3.04. The van der Waals surface area contributed by atoms with Crippen molar-refractivity contribution in [2.75, 3.05) is 38.2 Å². The fourth-order valence-corrected chi connectivity index (χ4v) is 2.55. The van der Waals surface area contributed by atoms with Gasteiger partial charge in [-0.2, -0.15) is 0 Å². The predicted octanol–water partition coefficient (Wildman–Crippen LogP) is 1.26. The molecule has 1 aliphatic rings. The summed E-state index contributed by atoms with van der Waals surface area (Å²) >= 11 is 0. The maximum absolute atomic E-state index is 12.3. The number of amides is 3. The Balaban J connectivity index is 1.67. The quantitative estimate of drug-likeness (QED) is 0.684. The van der Waals surface area contributed by atoms with Crippen LogP contribution >= 0.6 is 0 Å². The van der Waals surface area contributed by atoms with Crippen molar-refractivity contribution in [2.24, 2.45) is 0 Å². The number of nitrogens with one attached hydrogen (secondary N) is 3. The molecule has 3 rings (SSSR count). The van der Waals surface area contributed by atoms with Crippen LogP contribution in [0.3, 0.4) is 0 Å². The van der Waals surface area contributed by atoms with Crippen molar-refractivity contribution in [1.82, 2.24) is 25.7 Å². The molecule has 0 atom stereocenters. The summed E-state index contributed by atoms with van der Waals surface area (Å²) in [6.45, 7) is 4.69. The number of anilines is 1. The molecule has 0 radical (unpaired) electrons. The van der Waals surface area contributed by atoms with Crippen LogP contribution < -0.4 is 16.2 Å². The highest BCUT2D eigenvalue weighted by molar-refractivity contribution is 5.94. The second-order valence-corrected chi connectivity index (χ2v) is 5.86. The van der Waals surface area contributed by atoms with Gasteiger partial charge in [-0.05, 0) is 18.2 Å². The van der Waals surface area contributed by atoms with Gasteiger partial charge in [0, 0.05) is 37.0 Å². The summed E-state index contributed by atoms with van der Waals surface area (Å²) in [6, 6.07) is 8.54. The summed E-state index contributed by atoms with van der Waals surface area (Å²) in [5.74, 6) is 0.0301. The van der Waals surface area contributed by atoms with Gasteiger partial charge in [0.05, 0.1) is 18.9 Å². The zero-order valence-electron chi connectivity index (χ0n) is 15.1. The molecule has 0 aliphatic carbocycles. The smallest absolute Gasteiger partial charge is 0.324 e. The number of ether oxygens (including phenoxy) is 1. The summed E-state index contributed by atoms with van der Waals surface area (Å²) in [4.78, 5) is 34.3. The van der Waals surface area contributed by atoms with Crippen LogP contribution in [0.5, 0.6) is 0 Å². The van der Waals surface area contributed by atoms with E-state index in [1.807, 2.05) is 6.92 Å². The van der Waals surface area contributed by atoms with Crippen LogP contribution in [-0.4, -0.2) is 59.7 Å². The fourth-order valence-electron chi connectivity index (χ4n) is 2.55. The Morgan fingerprint density at radius 3 is 2.59 bits per heavy atom. The molecule has 0 bridgehead atoms. The van der Waals surface area contributed by atoms with Crippen LogP contribution in [0.25, 0.3) is 11.3 Å². The van der Waals surface area contributed by atoms with Gasteiger partial charge >= 0.3 is 6.03 Å². The Morgan fingerprint density at radius 2 is 1.89 bits per heavy atom. The molecule has 142 valence electrons. The molecule has 9 heteroatoms. The van der Waals surface area contributed by atoms with Crippen LogP contribution in [-0.2, 0) is 4.74 Å². The minimum atomic E-state index is -0.245. The number of rotatable bonds is 5. The number of urea groups is 1. The van der Waals surface area contributed by atoms with Crippen molar-refractivity contribution < 1.29 is 14.3 Å². The normalized spacial score (nSPS) is 13.9. The highest BCUT2D eigenvalue weighted by Gasteiger charge is 2.17. The third-order valence-corrected chi connectivity index (χ3v) is 3.99. The Bertz CT molecular complexity index is 790. The summed E-state index contributed by atoms with van der Waals surface area (Å²) in [5.41, 5.74) is 7.38. The van der Waals surface area contributed by atoms with E-state index in [0.717, 1.165) is 5.56 Å². The third kappa shape index (κ3) is 4.99. The Morgan fingerprint density at radius 1 is 1.15 bits per heavy atom. The number of carbonyl (C=O) groups is 2. The molecule has 1 fully saturated rings. The molecular formula is C18H22N6O3. The summed E-state index contributed by atoms with van der Waals surface area (Å²) < 4.78 is 5.24. The monoisotopic (exact) mass is 370 g/mol. The summed E-state index contributed by atoms with van der Waals surface area (Å²) in [6.07, 6.45) is 1.59. The van der Waals surface area contributed by atoms with Gasteiger partial charge in [0.1, 0.15) is 0 Å². The average Bonchev–Trinajstić information content (AvgIpc) is 2.73. The standard InChI is InChI=1S/C18H22N6O3/c1-2-20-23-16(25)14-5-3-13(4-6-14)15-7-8-19-17(21-15)22-18(26)24-9-11-27-12-10-24/h3-8,20H,2,9-12H2,1H3,(H,23,25)(H,19,21,22,26). The molecule has 0 unspecified atom stereocenters. The number of aromatic nitrogens is 2. The average molecular weight is 370 g/mol. The van der Waals surface area contributed by atoms with E-state index in [1.165, 1.54) is 0 Å². The number of hydrazine groups is 1. The number of morpholine rings is 1. The third-order valence-electron chi connectivity index (χ3n) is 3.99. The first kappa shape index (κ1) is 18.7. The fraction of sp³-hybridized carbons (Fsp3) is 0.333. The molecule has 2 heterocycles. The first-order valence-corrected chi connectivity index (χ1v) is 8.77. The predicted molar refractivity (Wildman–Crippen MR) is 100 cm³/mol. The molecule has 1 saturated heterocycles. The topological polar surface area (TPSA) is 108 Å². The van der Waals surface area contributed by atoms with Crippen LogP contribution in [0, 0.1) is 0 Å². The lowest BCUT2D eigenvalue weighted by Crippen LogP contribution is -2.43. The first-order valence-electron chi connectivity index (χ1n) is 8.77. The van der Waals surface area contributed by atoms with Crippen molar-refractivity contribution in [1.29, 1.82) is 0 Å². The van der Waals surface area contributed by atoms with Gasteiger partial charge < -0.3 is 9.64 Å². The first-order chi connectivity index (χ1) is 13.2. The van der Waals surface area contributed by atoms with Gasteiger partial charge in [-0.15, -0.1) is 0 Å². The molecule has 1 aliphatic heterocycles. The van der Waals surface area contributed by atoms with Crippen molar-refractivity contribution in [2.45, 2.75) is 6.92 Å². The Labute approximate surface area is 157 Å². The number of benzene rings is 1. The van der Waals surface area contributed by atoms with E-state index in [-0.39, 0.29) is 17.9 Å². The van der Waals surface area contributed by atoms with Crippen LogP contribution in [0.1, 0.15) is 17.3 Å². The van der Waals surface area contributed by atoms with Crippen molar-refractivity contribution in [3.05, 3.63) is 42.1 Å². The molecule has 1 aromatic heterocycles. The lowest BCUT2D eigenvalue weighted by atomic mass is 10.1. The van der Waals surface area contributed by atoms with E-state index in [9.17, 15) is 9.59 Å². The van der Waals surface area contributed by atoms with Crippen LogP contribution in [0.2, 0.25) is 0 Å². The van der Waals surface area contributed by atoms with Crippen molar-refractivity contribution in [3.63, 3.8) is 0 Å². The summed E-state index contributed by atoms with van der Waals surface area (Å²) in [7, 11) is 0. The second-order valence-electron chi connectivity index (χ2n) is 5.86. The molecule has 0 saturated carbocycles. The molecule has 3 amide bonds. The number of carbonyl (C=O) groups excluding carboxylic acids is 2. The zero-order chi connectivity index (χ0) is 19.1. The molecule has 1 aromatic carbocycles. The SMILES string of the molecule is CCNNC(=O)c1ccc(-c2ccnc(NC(=O)N3CCOCC3)n2)cc1. The number of hydrogen-bond donors (Lipinski definition) is 3. The van der Waals surface area contributed by atoms with Gasteiger partial charge in [0.25, 0.3) is 5.91 Å². The molecule has 9 nitrogen and oxygen atoms in total. The largest absolute Gasteiger partial charge is 0.378 e. The van der Waals surface area contributed by atoms with E-state index in [1.54, 1.807) is 41.4 Å². The molecular weight excluding hydrogens is 348 g/mol. The van der Waals surface area contributed by atoms with E-state index >= 15 is 0 Å². The van der Waals surface area contributed by atoms with Gasteiger partial charge in [0.2, 0.25) is 5.95 Å². The highest BCUT2D eigenvalue weighted by atomic mass is 16.5. The van der Waals surface area contributed by atoms with Crippen molar-refractivity contribution in [3.8, 4) is 11.3 Å². The molecule has 3 N–H and O–H groups in total. The van der Waals surface area contributed by atoms with E-state index in [0.29, 0.717) is 44.1 Å². The van der Waals surface area contributed by atoms with E-state index < -0.39 is 0 Å². The van der Waals surface area contributed by atoms with Gasteiger partial charge in [-0.3, -0.25) is 15.5 Å². The van der Waals surface area contributed by atoms with Crippen molar-refractivity contribution >= 4 is 17.9 Å². The second kappa shape index (κ2) is 9.06. The molecule has 27 heavy (non-hydrogen) atoms. The Kier molecular flexibility index (Phi) is 6.29. The molecule has 0 spiro atoms. The highest BCUT2D eigenvalue weighted by Crippen LogP contribution is 2.18. The van der Waals surface area contributed by atoms with Gasteiger partial charge in [-0.25, -0.2) is 20.2 Å². The maximum atomic E-state index is 12.3. The van der Waals surface area contributed by atoms with Gasteiger partial charge in [0.15, 0.2) is 0 Å². The minimum absolute atomic E-state index is 0.204. The maximum Gasteiger partial charge on any atom is 0.324 e. The zero-order valence-corrected chi connectivity index (χ0v) is 15.1. The lowest BCUT2D eigenvalue weighted by molar-refractivity contribution is 0.0564. The van der Waals surface area contributed by atoms with E-state index in [4.69, 9.17) is 4.74 Å². The molecule has 2 aromatic rings. The number of nitrogens with zero attached hydrogens (tertiary/aromatic N) is 3. The van der Waals surface area contributed by atoms with Gasteiger partial charge in [-0.1, -0.05) is 19.1 Å².